The smallest absolute Gasteiger partial charge is 0.368 e. The van der Waals surface area contributed by atoms with Gasteiger partial charge in [0, 0.05) is 33.1 Å². The fraction of sp³-hybridized carbons (Fsp3) is 0.250. The molecule has 0 saturated carbocycles. The predicted molar refractivity (Wildman–Crippen MR) is 126 cm³/mol. The van der Waals surface area contributed by atoms with Crippen LogP contribution in [0.2, 0.25) is 5.02 Å². The number of hydrogen-bond donors (Lipinski definition) is 4. The monoisotopic (exact) mass is 471 g/mol. The Morgan fingerprint density at radius 3 is 2.67 bits per heavy atom. The Morgan fingerprint density at radius 1 is 1.24 bits per heavy atom. The van der Waals surface area contributed by atoms with E-state index in [1.807, 2.05) is 13.0 Å². The standard InChI is InChI=1S/C24H24ClFN4O3/c1-2-30(13-21(30)24(32)33)12-14-3-6-20(29-23(14)27)18-10-17(5-8-22(18)31)28-19-7-4-16(25)9-15(19)11-26/h3-10,21,28H,2,11-13H2,1H3,(H3-,27,29,31,32,33)/p+1. The van der Waals surface area contributed by atoms with Crippen LogP contribution in [-0.4, -0.2) is 44.8 Å². The summed E-state index contributed by atoms with van der Waals surface area (Å²) in [5.41, 5.74) is 9.55. The van der Waals surface area contributed by atoms with E-state index in [1.54, 1.807) is 36.4 Å². The molecule has 3 aromatic rings. The first-order valence-electron chi connectivity index (χ1n) is 10.5. The first-order valence-corrected chi connectivity index (χ1v) is 10.9. The Bertz CT molecular complexity index is 1220. The molecule has 33 heavy (non-hydrogen) atoms. The number of carboxylic acids is 1. The Kier molecular flexibility index (Phi) is 6.14. The molecule has 0 spiro atoms. The summed E-state index contributed by atoms with van der Waals surface area (Å²) in [5, 5.41) is 23.4. The molecule has 2 atom stereocenters. The Hall–Kier alpha value is -3.36. The number of benzene rings is 2. The van der Waals surface area contributed by atoms with Gasteiger partial charge in [-0.05, 0) is 55.5 Å². The number of nitrogens with zero attached hydrogens (tertiary/aromatic N) is 2. The number of likely N-dealkylation sites (N-methyl/N-ethyl adjacent to an activating group) is 1. The molecule has 2 unspecified atom stereocenters. The number of nitrogens with one attached hydrogen (secondary N) is 1. The van der Waals surface area contributed by atoms with E-state index in [2.05, 4.69) is 10.3 Å². The number of halogens is 2. The first kappa shape index (κ1) is 22.8. The van der Waals surface area contributed by atoms with Crippen LogP contribution in [0.1, 0.15) is 18.1 Å². The maximum absolute atomic E-state index is 13.4. The number of aromatic hydroxyl groups is 1. The van der Waals surface area contributed by atoms with Crippen LogP contribution in [-0.2, 0) is 18.0 Å². The zero-order valence-electron chi connectivity index (χ0n) is 18.1. The molecule has 1 aromatic heterocycles. The molecule has 9 heteroatoms. The molecule has 2 heterocycles. The van der Waals surface area contributed by atoms with Crippen molar-refractivity contribution < 1.29 is 23.9 Å². The molecule has 0 radical (unpaired) electrons. The third kappa shape index (κ3) is 4.58. The third-order valence-electron chi connectivity index (χ3n) is 6.24. The van der Waals surface area contributed by atoms with E-state index in [4.69, 9.17) is 17.3 Å². The highest BCUT2D eigenvalue weighted by atomic mass is 35.5. The van der Waals surface area contributed by atoms with E-state index in [0.717, 1.165) is 5.56 Å². The van der Waals surface area contributed by atoms with Crippen molar-refractivity contribution in [2.45, 2.75) is 26.2 Å². The fourth-order valence-electron chi connectivity index (χ4n) is 4.14. The molecule has 0 bridgehead atoms. The number of carbonyl (C=O) groups is 1. The highest BCUT2D eigenvalue weighted by Crippen LogP contribution is 2.37. The van der Waals surface area contributed by atoms with Gasteiger partial charge in [-0.1, -0.05) is 11.6 Å². The molecule has 1 aliphatic rings. The van der Waals surface area contributed by atoms with Gasteiger partial charge in [0.05, 0.1) is 12.2 Å². The summed E-state index contributed by atoms with van der Waals surface area (Å²) in [5.74, 6) is -0.480. The first-order chi connectivity index (χ1) is 15.8. The van der Waals surface area contributed by atoms with Crippen LogP contribution in [0, 0.1) is 0 Å². The van der Waals surface area contributed by atoms with E-state index in [1.165, 1.54) is 6.07 Å². The van der Waals surface area contributed by atoms with Crippen LogP contribution in [0.3, 0.4) is 0 Å². The molecular formula is C24H25ClFN4O3+. The minimum absolute atomic E-state index is 0.0240. The number of aliphatic carboxylic acids is 1. The second-order valence-electron chi connectivity index (χ2n) is 8.26. The highest BCUT2D eigenvalue weighted by molar-refractivity contribution is 6.30. The van der Waals surface area contributed by atoms with E-state index in [9.17, 15) is 19.4 Å². The Balaban J connectivity index is 1.59. The molecule has 5 N–H and O–H groups in total. The van der Waals surface area contributed by atoms with Crippen LogP contribution in [0.15, 0.2) is 48.5 Å². The number of aromatic nitrogens is 1. The summed E-state index contributed by atoms with van der Waals surface area (Å²) in [7, 11) is 0. The third-order valence-corrected chi connectivity index (χ3v) is 6.47. The van der Waals surface area contributed by atoms with Gasteiger partial charge in [0.25, 0.3) is 0 Å². The summed E-state index contributed by atoms with van der Waals surface area (Å²) in [6, 6.07) is 13.0. The van der Waals surface area contributed by atoms with Gasteiger partial charge in [-0.15, -0.1) is 0 Å². The number of nitrogen functional groups attached to an aromatic ring is 1. The van der Waals surface area contributed by atoms with Crippen LogP contribution in [0.5, 0.6) is 5.75 Å². The summed E-state index contributed by atoms with van der Waals surface area (Å²) < 4.78 is 13.8. The predicted octanol–water partition coefficient (Wildman–Crippen LogP) is 4.71. The van der Waals surface area contributed by atoms with E-state index in [0.29, 0.717) is 63.2 Å². The van der Waals surface area contributed by atoms with Gasteiger partial charge in [0.2, 0.25) is 6.04 Å². The lowest BCUT2D eigenvalue weighted by molar-refractivity contribution is -0.821. The number of alkyl halides is 1. The second kappa shape index (κ2) is 8.88. The van der Waals surface area contributed by atoms with Crippen LogP contribution < -0.4 is 11.1 Å². The minimum atomic E-state index is -0.800. The SMILES string of the molecule is CC[N+]1(Cc2ccc(-c3cc(Nc4ccc(Cl)cc4CF)ccc3O)nc2N)CC1C(=O)O. The van der Waals surface area contributed by atoms with Gasteiger partial charge in [0.1, 0.15) is 31.3 Å². The van der Waals surface area contributed by atoms with E-state index < -0.39 is 18.7 Å². The lowest BCUT2D eigenvalue weighted by Gasteiger charge is -2.19. The molecule has 0 aliphatic carbocycles. The normalized spacial score (nSPS) is 19.3. The van der Waals surface area contributed by atoms with Gasteiger partial charge >= 0.3 is 5.97 Å². The summed E-state index contributed by atoms with van der Waals surface area (Å²) >= 11 is 5.95. The van der Waals surface area contributed by atoms with Crippen LogP contribution >= 0.6 is 11.6 Å². The van der Waals surface area contributed by atoms with E-state index in [-0.39, 0.29) is 5.75 Å². The second-order valence-corrected chi connectivity index (χ2v) is 8.70. The zero-order chi connectivity index (χ0) is 23.8. The highest BCUT2D eigenvalue weighted by Gasteiger charge is 2.58. The minimum Gasteiger partial charge on any atom is -0.507 e. The van der Waals surface area contributed by atoms with Gasteiger partial charge in [-0.3, -0.25) is 4.48 Å². The van der Waals surface area contributed by atoms with Crippen molar-refractivity contribution in [2.24, 2.45) is 0 Å². The number of phenolic OH excluding ortho intramolecular Hbond substituents is 1. The number of nitrogens with two attached hydrogens (primary N) is 1. The Labute approximate surface area is 195 Å². The van der Waals surface area contributed by atoms with Crippen LogP contribution in [0.4, 0.5) is 21.6 Å². The van der Waals surface area contributed by atoms with Crippen molar-refractivity contribution in [3.05, 3.63) is 64.7 Å². The number of carboxylic acid groups (broad SMARTS) is 1. The van der Waals surface area contributed by atoms with Crippen molar-refractivity contribution in [1.82, 2.24) is 4.98 Å². The van der Waals surface area contributed by atoms with Crippen molar-refractivity contribution in [1.29, 1.82) is 0 Å². The molecule has 7 nitrogen and oxygen atoms in total. The number of rotatable bonds is 8. The van der Waals surface area contributed by atoms with Gasteiger partial charge in [-0.25, -0.2) is 14.2 Å². The molecule has 172 valence electrons. The van der Waals surface area contributed by atoms with Crippen molar-refractivity contribution in [3.8, 4) is 17.0 Å². The number of anilines is 3. The quantitative estimate of drug-likeness (QED) is 0.215. The largest absolute Gasteiger partial charge is 0.507 e. The lowest BCUT2D eigenvalue weighted by Crippen LogP contribution is -2.31. The van der Waals surface area contributed by atoms with Crippen molar-refractivity contribution in [3.63, 3.8) is 0 Å². The fourth-order valence-corrected chi connectivity index (χ4v) is 4.34. The number of phenols is 1. The molecule has 1 aliphatic heterocycles. The average Bonchev–Trinajstić information content (AvgIpc) is 3.52. The number of quaternary nitrogens is 1. The molecule has 4 rings (SSSR count). The lowest BCUT2D eigenvalue weighted by atomic mass is 10.1. The maximum atomic E-state index is 13.4. The molecular weight excluding hydrogens is 447 g/mol. The number of pyridine rings is 1. The van der Waals surface area contributed by atoms with E-state index >= 15 is 0 Å². The topological polar surface area (TPSA) is 108 Å². The van der Waals surface area contributed by atoms with Gasteiger partial charge in [0.15, 0.2) is 0 Å². The average molecular weight is 472 g/mol. The molecule has 1 fully saturated rings. The summed E-state index contributed by atoms with van der Waals surface area (Å²) in [6.07, 6.45) is 0. The zero-order valence-corrected chi connectivity index (χ0v) is 18.8. The van der Waals surface area contributed by atoms with Crippen molar-refractivity contribution in [2.75, 3.05) is 24.1 Å². The number of hydrogen-bond acceptors (Lipinski definition) is 5. The van der Waals surface area contributed by atoms with Gasteiger partial charge < -0.3 is 21.3 Å². The Morgan fingerprint density at radius 2 is 2.03 bits per heavy atom. The molecule has 2 aromatic carbocycles. The molecule has 1 saturated heterocycles. The van der Waals surface area contributed by atoms with Gasteiger partial charge in [-0.2, -0.15) is 0 Å². The maximum Gasteiger partial charge on any atom is 0.368 e. The summed E-state index contributed by atoms with van der Waals surface area (Å²) in [6.45, 7) is 3.05. The molecule has 0 amide bonds. The van der Waals surface area contributed by atoms with Crippen LogP contribution in [0.25, 0.3) is 11.3 Å². The summed E-state index contributed by atoms with van der Waals surface area (Å²) in [4.78, 5) is 15.9. The van der Waals surface area contributed by atoms with Crippen molar-refractivity contribution >= 4 is 34.8 Å².